The van der Waals surface area contributed by atoms with Gasteiger partial charge in [0.15, 0.2) is 5.82 Å². The fraction of sp³-hybridized carbons (Fsp3) is 0.276. The zero-order valence-electron chi connectivity index (χ0n) is 21.0. The summed E-state index contributed by atoms with van der Waals surface area (Å²) >= 11 is 0. The molecule has 4 aromatic rings. The molecule has 1 aliphatic heterocycles. The van der Waals surface area contributed by atoms with Crippen LogP contribution < -0.4 is 10.2 Å². The molecule has 1 atom stereocenters. The number of ether oxygens (including phenoxy) is 1. The second kappa shape index (κ2) is 12.2. The third-order valence-electron chi connectivity index (χ3n) is 6.12. The van der Waals surface area contributed by atoms with Gasteiger partial charge in [0, 0.05) is 25.0 Å². The van der Waals surface area contributed by atoms with Crippen LogP contribution in [0.1, 0.15) is 25.8 Å². The maximum Gasteiger partial charge on any atom is 0.407 e. The molecule has 2 heterocycles. The van der Waals surface area contributed by atoms with Crippen LogP contribution in [0.2, 0.25) is 0 Å². The highest BCUT2D eigenvalue weighted by Gasteiger charge is 2.26. The average Bonchev–Trinajstić information content (AvgIpc) is 3.41. The van der Waals surface area contributed by atoms with E-state index in [2.05, 4.69) is 15.2 Å². The van der Waals surface area contributed by atoms with E-state index in [0.717, 1.165) is 12.0 Å². The van der Waals surface area contributed by atoms with Crippen molar-refractivity contribution in [2.24, 2.45) is 5.92 Å². The van der Waals surface area contributed by atoms with Gasteiger partial charge in [-0.15, -0.1) is 0 Å². The molecule has 7 nitrogen and oxygen atoms in total. The number of carbonyl (C=O) groups is 1. The topological polar surface area (TPSA) is 87.6 Å². The normalized spacial score (nSPS) is 14.7. The number of aromatic hydroxyl groups is 1. The molecule has 1 aromatic heterocycles. The Hall–Kier alpha value is -4.20. The molecule has 5 rings (SSSR count). The number of nitrogens with one attached hydrogen (secondary N) is 1. The number of anilines is 1. The molecule has 0 saturated carbocycles. The number of amides is 1. The fourth-order valence-electron chi connectivity index (χ4n) is 4.30. The minimum atomic E-state index is -0.455. The summed E-state index contributed by atoms with van der Waals surface area (Å²) in [5, 5.41) is 13.8. The second-order valence-corrected chi connectivity index (χ2v) is 8.59. The fourth-order valence-corrected chi connectivity index (χ4v) is 4.30. The lowest BCUT2D eigenvalue weighted by atomic mass is 10.1. The van der Waals surface area contributed by atoms with Crippen LogP contribution in [0.4, 0.5) is 15.0 Å². The molecule has 1 unspecified atom stereocenters. The van der Waals surface area contributed by atoms with Crippen molar-refractivity contribution in [2.45, 2.75) is 26.9 Å². The predicted octanol–water partition coefficient (Wildman–Crippen LogP) is 5.92. The number of halogens is 1. The first-order chi connectivity index (χ1) is 18.1. The number of hydrogen-bond acceptors (Lipinski definition) is 6. The van der Waals surface area contributed by atoms with E-state index in [9.17, 15) is 14.3 Å². The van der Waals surface area contributed by atoms with Crippen molar-refractivity contribution in [3.8, 4) is 17.1 Å². The third kappa shape index (κ3) is 6.33. The molecule has 0 spiro atoms. The highest BCUT2D eigenvalue weighted by atomic mass is 19.1. The van der Waals surface area contributed by atoms with Crippen molar-refractivity contribution in [3.05, 3.63) is 84.2 Å². The van der Waals surface area contributed by atoms with E-state index in [1.165, 1.54) is 12.1 Å². The lowest BCUT2D eigenvalue weighted by Gasteiger charge is -2.20. The molecule has 1 amide bonds. The highest BCUT2D eigenvalue weighted by molar-refractivity contribution is 5.91. The van der Waals surface area contributed by atoms with Gasteiger partial charge in [-0.25, -0.2) is 19.2 Å². The summed E-state index contributed by atoms with van der Waals surface area (Å²) in [6, 6.07) is 20.8. The van der Waals surface area contributed by atoms with E-state index in [0.29, 0.717) is 47.7 Å². The molecule has 37 heavy (non-hydrogen) atoms. The number of carbonyl (C=O) groups excluding carboxylic acids is 1. The Bertz CT molecular complexity index is 1350. The minimum absolute atomic E-state index is 0.0809. The smallest absolute Gasteiger partial charge is 0.407 e. The molecule has 1 aliphatic rings. The molecule has 1 saturated heterocycles. The number of para-hydroxylation sites is 1. The number of alkyl carbamates (subject to hydrolysis) is 1. The second-order valence-electron chi connectivity index (χ2n) is 8.59. The standard InChI is InChI=1S/C27H25FN4O3.C2H6/c28-20-10-11-23-22(14-20)26(31-25(30-23)21-8-4-5-9-24(21)33)32-13-12-19(16-32)15-29-27(34)35-17-18-6-2-1-3-7-18;1-2/h1-11,14,19,33H,12-13,15-17H2,(H,29,34);1-2H3. The van der Waals surface area contributed by atoms with Crippen LogP contribution in [0.5, 0.6) is 5.75 Å². The Morgan fingerprint density at radius 1 is 1.08 bits per heavy atom. The minimum Gasteiger partial charge on any atom is -0.507 e. The van der Waals surface area contributed by atoms with Crippen LogP contribution in [-0.4, -0.2) is 40.8 Å². The molecular weight excluding hydrogens is 471 g/mol. The number of phenolic OH excluding ortho intramolecular Hbond substituents is 1. The Kier molecular flexibility index (Phi) is 8.51. The van der Waals surface area contributed by atoms with Gasteiger partial charge in [0.1, 0.15) is 24.0 Å². The molecule has 0 radical (unpaired) electrons. The summed E-state index contributed by atoms with van der Waals surface area (Å²) in [5.74, 6) is 0.894. The van der Waals surface area contributed by atoms with Gasteiger partial charge in [0.05, 0.1) is 11.1 Å². The van der Waals surface area contributed by atoms with E-state index in [-0.39, 0.29) is 24.1 Å². The summed E-state index contributed by atoms with van der Waals surface area (Å²) < 4.78 is 19.4. The first-order valence-corrected chi connectivity index (χ1v) is 12.5. The van der Waals surface area contributed by atoms with Gasteiger partial charge in [-0.2, -0.15) is 0 Å². The van der Waals surface area contributed by atoms with E-state index in [1.54, 1.807) is 30.3 Å². The Balaban J connectivity index is 0.00000156. The molecule has 192 valence electrons. The van der Waals surface area contributed by atoms with Crippen LogP contribution in [0, 0.1) is 11.7 Å². The van der Waals surface area contributed by atoms with Crippen LogP contribution in [0.3, 0.4) is 0 Å². The maximum absolute atomic E-state index is 14.1. The van der Waals surface area contributed by atoms with Crippen LogP contribution >= 0.6 is 0 Å². The summed E-state index contributed by atoms with van der Waals surface area (Å²) in [6.45, 7) is 6.03. The van der Waals surface area contributed by atoms with Gasteiger partial charge in [0.25, 0.3) is 0 Å². The number of nitrogens with zero attached hydrogens (tertiary/aromatic N) is 3. The van der Waals surface area contributed by atoms with Crippen LogP contribution in [0.25, 0.3) is 22.3 Å². The van der Waals surface area contributed by atoms with Crippen molar-refractivity contribution in [1.82, 2.24) is 15.3 Å². The summed E-state index contributed by atoms with van der Waals surface area (Å²) in [6.07, 6.45) is 0.384. The summed E-state index contributed by atoms with van der Waals surface area (Å²) in [4.78, 5) is 23.5. The van der Waals surface area contributed by atoms with Crippen molar-refractivity contribution in [3.63, 3.8) is 0 Å². The number of fused-ring (bicyclic) bond motifs is 1. The van der Waals surface area contributed by atoms with E-state index >= 15 is 0 Å². The molecule has 8 heteroatoms. The molecule has 1 fully saturated rings. The van der Waals surface area contributed by atoms with Crippen LogP contribution in [-0.2, 0) is 11.3 Å². The third-order valence-corrected chi connectivity index (χ3v) is 6.12. The van der Waals surface area contributed by atoms with Gasteiger partial charge < -0.3 is 20.1 Å². The monoisotopic (exact) mass is 502 g/mol. The summed E-state index contributed by atoms with van der Waals surface area (Å²) in [7, 11) is 0. The first kappa shape index (κ1) is 25.9. The SMILES string of the molecule is CC.O=C(NCC1CCN(c2nc(-c3ccccc3O)nc3ccc(F)cc23)C1)OCc1ccccc1. The quantitative estimate of drug-likeness (QED) is 0.340. The molecule has 3 aromatic carbocycles. The zero-order chi connectivity index (χ0) is 26.2. The van der Waals surface area contributed by atoms with E-state index < -0.39 is 6.09 Å². The summed E-state index contributed by atoms with van der Waals surface area (Å²) in [5.41, 5.74) is 2.04. The average molecular weight is 503 g/mol. The van der Waals surface area contributed by atoms with Gasteiger partial charge in [-0.05, 0) is 48.2 Å². The van der Waals surface area contributed by atoms with Crippen molar-refractivity contribution < 1.29 is 19.0 Å². The first-order valence-electron chi connectivity index (χ1n) is 12.5. The lowest BCUT2D eigenvalue weighted by molar-refractivity contribution is 0.138. The molecule has 2 N–H and O–H groups in total. The highest BCUT2D eigenvalue weighted by Crippen LogP contribution is 2.33. The number of rotatable bonds is 6. The largest absolute Gasteiger partial charge is 0.507 e. The van der Waals surface area contributed by atoms with E-state index in [1.807, 2.05) is 44.2 Å². The number of hydrogen-bond donors (Lipinski definition) is 2. The predicted molar refractivity (Wildman–Crippen MR) is 143 cm³/mol. The Morgan fingerprint density at radius 3 is 2.62 bits per heavy atom. The van der Waals surface area contributed by atoms with Gasteiger partial charge in [-0.1, -0.05) is 56.3 Å². The zero-order valence-corrected chi connectivity index (χ0v) is 21.0. The van der Waals surface area contributed by atoms with Crippen molar-refractivity contribution >= 4 is 22.8 Å². The van der Waals surface area contributed by atoms with E-state index in [4.69, 9.17) is 9.72 Å². The number of phenols is 1. The van der Waals surface area contributed by atoms with Crippen molar-refractivity contribution in [1.29, 1.82) is 0 Å². The number of benzene rings is 3. The van der Waals surface area contributed by atoms with Gasteiger partial charge in [-0.3, -0.25) is 0 Å². The maximum atomic E-state index is 14.1. The lowest BCUT2D eigenvalue weighted by Crippen LogP contribution is -2.31. The molecule has 0 bridgehead atoms. The molecule has 0 aliphatic carbocycles. The number of aromatic nitrogens is 2. The van der Waals surface area contributed by atoms with Crippen molar-refractivity contribution in [2.75, 3.05) is 24.5 Å². The Morgan fingerprint density at radius 2 is 1.84 bits per heavy atom. The Labute approximate surface area is 215 Å². The molecular formula is C29H31FN4O3. The van der Waals surface area contributed by atoms with Gasteiger partial charge >= 0.3 is 6.09 Å². The van der Waals surface area contributed by atoms with Gasteiger partial charge in [0.2, 0.25) is 0 Å². The van der Waals surface area contributed by atoms with Crippen LogP contribution in [0.15, 0.2) is 72.8 Å².